The first kappa shape index (κ1) is 10.3. The Labute approximate surface area is 96.6 Å². The first-order valence-corrected chi connectivity index (χ1v) is 6.06. The van der Waals surface area contributed by atoms with Gasteiger partial charge in [0.05, 0.1) is 6.10 Å². The van der Waals surface area contributed by atoms with Gasteiger partial charge in [-0.25, -0.2) is 0 Å². The van der Waals surface area contributed by atoms with Crippen molar-refractivity contribution in [2.24, 2.45) is 0 Å². The number of fused-ring (bicyclic) bond motifs is 2. The van der Waals surface area contributed by atoms with E-state index in [4.69, 9.17) is 9.47 Å². The fourth-order valence-electron chi connectivity index (χ4n) is 3.02. The Balaban J connectivity index is 2.00. The fourth-order valence-corrected chi connectivity index (χ4v) is 3.02. The van der Waals surface area contributed by atoms with Crippen molar-refractivity contribution in [2.75, 3.05) is 0 Å². The number of ether oxygens (including phenoxy) is 2. The van der Waals surface area contributed by atoms with Crippen molar-refractivity contribution in [1.29, 1.82) is 0 Å². The summed E-state index contributed by atoms with van der Waals surface area (Å²) in [4.78, 5) is 0. The first-order valence-electron chi connectivity index (χ1n) is 6.06. The van der Waals surface area contributed by atoms with Crippen molar-refractivity contribution >= 4 is 0 Å². The minimum atomic E-state index is -0.368. The molecule has 0 radical (unpaired) electrons. The molecule has 0 saturated carbocycles. The second kappa shape index (κ2) is 3.31. The zero-order chi connectivity index (χ0) is 11.2. The molecule has 2 saturated heterocycles. The van der Waals surface area contributed by atoms with Crippen molar-refractivity contribution < 1.29 is 9.47 Å². The van der Waals surface area contributed by atoms with E-state index in [1.807, 2.05) is 6.07 Å². The highest BCUT2D eigenvalue weighted by atomic mass is 16.8. The van der Waals surface area contributed by atoms with Gasteiger partial charge in [-0.15, -0.1) is 0 Å². The predicted octanol–water partition coefficient (Wildman–Crippen LogP) is 3.22. The summed E-state index contributed by atoms with van der Waals surface area (Å²) in [5, 5.41) is 0. The van der Waals surface area contributed by atoms with Crippen LogP contribution in [0.15, 0.2) is 30.3 Å². The van der Waals surface area contributed by atoms with Crippen LogP contribution in [-0.2, 0) is 15.1 Å². The van der Waals surface area contributed by atoms with Gasteiger partial charge in [0.15, 0.2) is 5.79 Å². The van der Waals surface area contributed by atoms with Crippen molar-refractivity contribution in [3.8, 4) is 0 Å². The molecule has 2 fully saturated rings. The van der Waals surface area contributed by atoms with Crippen LogP contribution in [0.3, 0.4) is 0 Å². The van der Waals surface area contributed by atoms with E-state index in [1.54, 1.807) is 0 Å². The van der Waals surface area contributed by atoms with Crippen LogP contribution in [0.25, 0.3) is 0 Å². The van der Waals surface area contributed by atoms with E-state index in [9.17, 15) is 0 Å². The molecular weight excluding hydrogens is 200 g/mol. The van der Waals surface area contributed by atoms with E-state index < -0.39 is 0 Å². The Bertz CT molecular complexity index is 389. The lowest BCUT2D eigenvalue weighted by molar-refractivity contribution is -0.189. The Kier molecular flexibility index (Phi) is 2.13. The summed E-state index contributed by atoms with van der Waals surface area (Å²) < 4.78 is 12.3. The van der Waals surface area contributed by atoms with Crippen LogP contribution in [0.2, 0.25) is 0 Å². The molecule has 0 aromatic heterocycles. The van der Waals surface area contributed by atoms with Crippen LogP contribution in [-0.4, -0.2) is 11.9 Å². The summed E-state index contributed by atoms with van der Waals surface area (Å²) in [6, 6.07) is 10.4. The lowest BCUT2D eigenvalue weighted by Gasteiger charge is -2.28. The molecule has 2 heteroatoms. The van der Waals surface area contributed by atoms with Gasteiger partial charge in [-0.05, 0) is 32.3 Å². The molecule has 86 valence electrons. The van der Waals surface area contributed by atoms with Crippen LogP contribution < -0.4 is 0 Å². The second-order valence-corrected chi connectivity index (χ2v) is 5.21. The number of hydrogen-bond donors (Lipinski definition) is 0. The lowest BCUT2D eigenvalue weighted by Crippen LogP contribution is -2.33. The first-order chi connectivity index (χ1) is 7.62. The van der Waals surface area contributed by atoms with Gasteiger partial charge in [0.2, 0.25) is 0 Å². The molecule has 1 aromatic rings. The van der Waals surface area contributed by atoms with Crippen molar-refractivity contribution in [2.45, 2.75) is 50.6 Å². The highest BCUT2D eigenvalue weighted by Gasteiger charge is 2.54. The minimum absolute atomic E-state index is 0.202. The van der Waals surface area contributed by atoms with Gasteiger partial charge in [-0.1, -0.05) is 30.3 Å². The second-order valence-electron chi connectivity index (χ2n) is 5.21. The van der Waals surface area contributed by atoms with Gasteiger partial charge in [0.25, 0.3) is 0 Å². The van der Waals surface area contributed by atoms with Gasteiger partial charge < -0.3 is 9.47 Å². The molecule has 2 heterocycles. The lowest BCUT2D eigenvalue weighted by atomic mass is 9.87. The van der Waals surface area contributed by atoms with Crippen molar-refractivity contribution in [3.05, 3.63) is 35.9 Å². The van der Waals surface area contributed by atoms with Crippen LogP contribution in [0.5, 0.6) is 0 Å². The average Bonchev–Trinajstić information content (AvgIpc) is 2.47. The Morgan fingerprint density at radius 1 is 1.19 bits per heavy atom. The molecule has 0 spiro atoms. The molecule has 0 amide bonds. The highest BCUT2D eigenvalue weighted by Crippen LogP contribution is 2.50. The predicted molar refractivity (Wildman–Crippen MR) is 62.0 cm³/mol. The summed E-state index contributed by atoms with van der Waals surface area (Å²) in [5.41, 5.74) is 0.956. The van der Waals surface area contributed by atoms with Crippen molar-refractivity contribution in [1.82, 2.24) is 0 Å². The summed E-state index contributed by atoms with van der Waals surface area (Å²) >= 11 is 0. The maximum atomic E-state index is 6.22. The molecule has 1 aromatic carbocycles. The molecule has 0 unspecified atom stereocenters. The van der Waals surface area contributed by atoms with Gasteiger partial charge in [0.1, 0.15) is 5.60 Å². The van der Waals surface area contributed by atoms with E-state index in [0.717, 1.165) is 12.8 Å². The molecule has 0 aliphatic carbocycles. The Morgan fingerprint density at radius 3 is 2.62 bits per heavy atom. The van der Waals surface area contributed by atoms with Gasteiger partial charge in [-0.3, -0.25) is 0 Å². The Morgan fingerprint density at radius 2 is 1.94 bits per heavy atom. The van der Waals surface area contributed by atoms with Gasteiger partial charge in [0, 0.05) is 6.42 Å². The van der Waals surface area contributed by atoms with E-state index in [-0.39, 0.29) is 17.5 Å². The average molecular weight is 218 g/mol. The SMILES string of the molecule is C[C@@]12CCC[C@@H](O1)[C@@](C)(c1ccccc1)O2. The van der Waals surface area contributed by atoms with Crippen LogP contribution in [0.1, 0.15) is 38.7 Å². The number of rotatable bonds is 1. The zero-order valence-corrected chi connectivity index (χ0v) is 9.90. The van der Waals surface area contributed by atoms with E-state index in [2.05, 4.69) is 38.1 Å². The molecule has 2 aliphatic heterocycles. The molecule has 3 rings (SSSR count). The van der Waals surface area contributed by atoms with Crippen LogP contribution >= 0.6 is 0 Å². The zero-order valence-electron chi connectivity index (χ0n) is 9.90. The monoisotopic (exact) mass is 218 g/mol. The maximum Gasteiger partial charge on any atom is 0.167 e. The van der Waals surface area contributed by atoms with E-state index in [1.165, 1.54) is 12.0 Å². The molecule has 2 bridgehead atoms. The summed E-state index contributed by atoms with van der Waals surface area (Å²) in [6.45, 7) is 4.22. The molecule has 2 aliphatic rings. The van der Waals surface area contributed by atoms with E-state index in [0.29, 0.717) is 0 Å². The standard InChI is InChI=1S/C14H18O2/c1-13-10-6-9-12(15-13)14(2,16-13)11-7-4-3-5-8-11/h3-5,7-8,12H,6,9-10H2,1-2H3/t12-,13-,14-/m1/s1. The molecule has 16 heavy (non-hydrogen) atoms. The molecule has 2 nitrogen and oxygen atoms in total. The maximum absolute atomic E-state index is 6.22. The minimum Gasteiger partial charge on any atom is -0.344 e. The molecule has 3 atom stereocenters. The van der Waals surface area contributed by atoms with Gasteiger partial charge >= 0.3 is 0 Å². The van der Waals surface area contributed by atoms with Crippen LogP contribution in [0, 0.1) is 0 Å². The van der Waals surface area contributed by atoms with Crippen LogP contribution in [0.4, 0.5) is 0 Å². The summed E-state index contributed by atoms with van der Waals surface area (Å²) in [7, 11) is 0. The smallest absolute Gasteiger partial charge is 0.167 e. The highest BCUT2D eigenvalue weighted by molar-refractivity contribution is 5.25. The fraction of sp³-hybridized carbons (Fsp3) is 0.571. The number of hydrogen-bond acceptors (Lipinski definition) is 2. The quantitative estimate of drug-likeness (QED) is 0.720. The normalized spacial score (nSPS) is 42.2. The largest absolute Gasteiger partial charge is 0.344 e. The Hall–Kier alpha value is -0.860. The van der Waals surface area contributed by atoms with E-state index >= 15 is 0 Å². The molecule has 0 N–H and O–H groups in total. The van der Waals surface area contributed by atoms with Gasteiger partial charge in [-0.2, -0.15) is 0 Å². The van der Waals surface area contributed by atoms with Crippen molar-refractivity contribution in [3.63, 3.8) is 0 Å². The topological polar surface area (TPSA) is 18.5 Å². The summed E-state index contributed by atoms with van der Waals surface area (Å²) in [5.74, 6) is -0.368. The molecular formula is C14H18O2. The third-order valence-corrected chi connectivity index (χ3v) is 3.88. The third kappa shape index (κ3) is 1.40. The summed E-state index contributed by atoms with van der Waals surface area (Å²) in [6.07, 6.45) is 3.50. The number of benzene rings is 1. The third-order valence-electron chi connectivity index (χ3n) is 3.88.